The molecular weight excluding hydrogens is 348 g/mol. The lowest BCUT2D eigenvalue weighted by atomic mass is 10.1. The number of methoxy groups -OCH3 is 1. The summed E-state index contributed by atoms with van der Waals surface area (Å²) in [6.07, 6.45) is 0. The highest BCUT2D eigenvalue weighted by Gasteiger charge is 2.10. The van der Waals surface area contributed by atoms with Crippen LogP contribution in [0.15, 0.2) is 46.9 Å². The lowest BCUT2D eigenvalue weighted by Gasteiger charge is -2.08. The van der Waals surface area contributed by atoms with Crippen molar-refractivity contribution in [2.45, 2.75) is 0 Å². The molecule has 0 fully saturated rings. The number of rotatable bonds is 4. The van der Waals surface area contributed by atoms with Gasteiger partial charge in [-0.1, -0.05) is 0 Å². The van der Waals surface area contributed by atoms with Gasteiger partial charge in [-0.15, -0.1) is 0 Å². The Morgan fingerprint density at radius 1 is 1.00 bits per heavy atom. The molecule has 0 aliphatic heterocycles. The van der Waals surface area contributed by atoms with Gasteiger partial charge in [0.25, 0.3) is 11.8 Å². The molecule has 0 bridgehead atoms. The van der Waals surface area contributed by atoms with Crippen LogP contribution in [-0.2, 0) is 0 Å². The second-order valence-electron chi connectivity index (χ2n) is 4.46. The number of benzene rings is 2. The van der Waals surface area contributed by atoms with Gasteiger partial charge >= 0.3 is 0 Å². The van der Waals surface area contributed by atoms with Gasteiger partial charge in [0.05, 0.1) is 11.6 Å². The summed E-state index contributed by atoms with van der Waals surface area (Å²) < 4.78 is 5.83. The second kappa shape index (κ2) is 7.09. The van der Waals surface area contributed by atoms with E-state index in [9.17, 15) is 9.59 Å². The van der Waals surface area contributed by atoms with E-state index in [1.807, 2.05) is 0 Å². The fourth-order valence-corrected chi connectivity index (χ4v) is 2.40. The van der Waals surface area contributed by atoms with E-state index in [1.165, 1.54) is 0 Å². The third-order valence-corrected chi connectivity index (χ3v) is 3.67. The predicted molar refractivity (Wildman–Crippen MR) is 88.5 cm³/mol. The van der Waals surface area contributed by atoms with E-state index in [-0.39, 0.29) is 11.8 Å². The molecule has 0 radical (unpaired) electrons. The van der Waals surface area contributed by atoms with Crippen molar-refractivity contribution in [3.05, 3.63) is 58.1 Å². The summed E-state index contributed by atoms with van der Waals surface area (Å²) in [5, 5.41) is 5.32. The summed E-state index contributed by atoms with van der Waals surface area (Å²) in [4.78, 5) is 23.6. The number of ether oxygens (including phenoxy) is 1. The van der Waals surface area contributed by atoms with Crippen LogP contribution in [0.3, 0.4) is 0 Å². The van der Waals surface area contributed by atoms with Gasteiger partial charge in [0, 0.05) is 23.9 Å². The van der Waals surface area contributed by atoms with E-state index in [2.05, 4.69) is 26.6 Å². The molecule has 6 heteroatoms. The molecule has 114 valence electrons. The number of anilines is 1. The van der Waals surface area contributed by atoms with E-state index in [1.54, 1.807) is 56.6 Å². The van der Waals surface area contributed by atoms with Crippen LogP contribution >= 0.6 is 15.9 Å². The van der Waals surface area contributed by atoms with Gasteiger partial charge in [0.2, 0.25) is 0 Å². The number of hydrogen-bond acceptors (Lipinski definition) is 3. The zero-order valence-electron chi connectivity index (χ0n) is 12.1. The molecule has 0 atom stereocenters. The maximum atomic E-state index is 12.2. The minimum absolute atomic E-state index is 0.169. The van der Waals surface area contributed by atoms with Crippen molar-refractivity contribution in [3.63, 3.8) is 0 Å². The lowest BCUT2D eigenvalue weighted by molar-refractivity contribution is 0.0962. The van der Waals surface area contributed by atoms with Crippen LogP contribution in [0.5, 0.6) is 5.75 Å². The molecule has 0 saturated heterocycles. The number of nitrogens with one attached hydrogen (secondary N) is 2. The van der Waals surface area contributed by atoms with E-state index in [4.69, 9.17) is 4.74 Å². The molecule has 2 amide bonds. The SMILES string of the molecule is CNC(=O)c1ccc(NC(=O)c2ccc(OC)c(Br)c2)cc1. The summed E-state index contributed by atoms with van der Waals surface area (Å²) in [6.45, 7) is 0. The minimum atomic E-state index is -0.240. The second-order valence-corrected chi connectivity index (χ2v) is 5.31. The van der Waals surface area contributed by atoms with E-state index >= 15 is 0 Å². The summed E-state index contributed by atoms with van der Waals surface area (Å²) >= 11 is 3.34. The highest BCUT2D eigenvalue weighted by Crippen LogP contribution is 2.25. The molecule has 5 nitrogen and oxygen atoms in total. The first-order valence-corrected chi connectivity index (χ1v) is 7.31. The Labute approximate surface area is 136 Å². The lowest BCUT2D eigenvalue weighted by Crippen LogP contribution is -2.17. The van der Waals surface area contributed by atoms with Gasteiger partial charge in [-0.05, 0) is 58.4 Å². The summed E-state index contributed by atoms with van der Waals surface area (Å²) in [5.41, 5.74) is 1.65. The molecule has 2 N–H and O–H groups in total. The average molecular weight is 363 g/mol. The van der Waals surface area contributed by atoms with Crippen molar-refractivity contribution in [2.75, 3.05) is 19.5 Å². The third-order valence-electron chi connectivity index (χ3n) is 3.05. The smallest absolute Gasteiger partial charge is 0.255 e. The first-order valence-electron chi connectivity index (χ1n) is 6.52. The topological polar surface area (TPSA) is 67.4 Å². The molecule has 0 unspecified atom stereocenters. The van der Waals surface area contributed by atoms with Crippen molar-refractivity contribution >= 4 is 33.4 Å². The number of carbonyl (C=O) groups excluding carboxylic acids is 2. The van der Waals surface area contributed by atoms with Crippen molar-refractivity contribution < 1.29 is 14.3 Å². The zero-order valence-corrected chi connectivity index (χ0v) is 13.7. The standard InChI is InChI=1S/C16H15BrN2O3/c1-18-15(20)10-3-6-12(7-4-10)19-16(21)11-5-8-14(22-2)13(17)9-11/h3-9H,1-2H3,(H,18,20)(H,19,21). The highest BCUT2D eigenvalue weighted by molar-refractivity contribution is 9.10. The Balaban J connectivity index is 2.11. The first kappa shape index (κ1) is 16.0. The van der Waals surface area contributed by atoms with Crippen LogP contribution in [0.4, 0.5) is 5.69 Å². The van der Waals surface area contributed by atoms with E-state index < -0.39 is 0 Å². The molecule has 22 heavy (non-hydrogen) atoms. The predicted octanol–water partition coefficient (Wildman–Crippen LogP) is 3.07. The summed E-state index contributed by atoms with van der Waals surface area (Å²) in [5.74, 6) is 0.250. The number of amides is 2. The number of carbonyl (C=O) groups is 2. The highest BCUT2D eigenvalue weighted by atomic mass is 79.9. The molecule has 2 aromatic carbocycles. The van der Waals surface area contributed by atoms with Crippen LogP contribution in [0.2, 0.25) is 0 Å². The molecule has 0 aromatic heterocycles. The summed E-state index contributed by atoms with van der Waals surface area (Å²) in [6, 6.07) is 11.7. The molecule has 0 aliphatic rings. The monoisotopic (exact) mass is 362 g/mol. The quantitative estimate of drug-likeness (QED) is 0.878. The molecular formula is C16H15BrN2O3. The van der Waals surface area contributed by atoms with Crippen molar-refractivity contribution in [1.29, 1.82) is 0 Å². The summed E-state index contributed by atoms with van der Waals surface area (Å²) in [7, 11) is 3.13. The van der Waals surface area contributed by atoms with Gasteiger partial charge in [0.15, 0.2) is 0 Å². The largest absolute Gasteiger partial charge is 0.496 e. The molecule has 2 aromatic rings. The Morgan fingerprint density at radius 3 is 2.18 bits per heavy atom. The normalized spacial score (nSPS) is 9.95. The Morgan fingerprint density at radius 2 is 1.64 bits per heavy atom. The maximum absolute atomic E-state index is 12.2. The molecule has 0 aliphatic carbocycles. The van der Waals surface area contributed by atoms with Crippen molar-refractivity contribution in [1.82, 2.24) is 5.32 Å². The van der Waals surface area contributed by atoms with Crippen LogP contribution in [-0.4, -0.2) is 26.0 Å². The van der Waals surface area contributed by atoms with Crippen LogP contribution in [0.25, 0.3) is 0 Å². The van der Waals surface area contributed by atoms with E-state index in [0.29, 0.717) is 27.0 Å². The fraction of sp³-hybridized carbons (Fsp3) is 0.125. The minimum Gasteiger partial charge on any atom is -0.496 e. The van der Waals surface area contributed by atoms with Gasteiger partial charge in [-0.2, -0.15) is 0 Å². The average Bonchev–Trinajstić information content (AvgIpc) is 2.54. The van der Waals surface area contributed by atoms with Gasteiger partial charge in [0.1, 0.15) is 5.75 Å². The maximum Gasteiger partial charge on any atom is 0.255 e. The van der Waals surface area contributed by atoms with Crippen LogP contribution < -0.4 is 15.4 Å². The van der Waals surface area contributed by atoms with Crippen molar-refractivity contribution in [3.8, 4) is 5.75 Å². The molecule has 2 rings (SSSR count). The zero-order chi connectivity index (χ0) is 16.1. The third kappa shape index (κ3) is 3.65. The van der Waals surface area contributed by atoms with Gasteiger partial charge < -0.3 is 15.4 Å². The molecule has 0 heterocycles. The number of halogens is 1. The molecule has 0 spiro atoms. The number of hydrogen-bond donors (Lipinski definition) is 2. The van der Waals surface area contributed by atoms with Gasteiger partial charge in [-0.25, -0.2) is 0 Å². The van der Waals surface area contributed by atoms with Gasteiger partial charge in [-0.3, -0.25) is 9.59 Å². The Bertz CT molecular complexity index is 699. The molecule has 0 saturated carbocycles. The fourth-order valence-electron chi connectivity index (χ4n) is 1.86. The van der Waals surface area contributed by atoms with Crippen molar-refractivity contribution in [2.24, 2.45) is 0 Å². The van der Waals surface area contributed by atoms with E-state index in [0.717, 1.165) is 0 Å². The van der Waals surface area contributed by atoms with Crippen LogP contribution in [0, 0.1) is 0 Å². The Hall–Kier alpha value is -2.34. The first-order chi connectivity index (χ1) is 10.5. The van der Waals surface area contributed by atoms with Crippen LogP contribution in [0.1, 0.15) is 20.7 Å². The Kier molecular flexibility index (Phi) is 5.16.